The number of hydrogen-bond acceptors (Lipinski definition) is 32. The van der Waals surface area contributed by atoms with Gasteiger partial charge < -0.3 is 111 Å². The molecule has 0 bridgehead atoms. The number of carbonyl (C=O) groups is 3. The fraction of sp³-hybridized carbons (Fsp3) is 0.754. The number of likely N-dealkylation sites (N-methyl/N-ethyl adjacent to an activating group) is 3. The molecule has 7 aliphatic rings. The number of carboxylic acids is 1. The Morgan fingerprint density at radius 3 is 1.20 bits per heavy atom. The van der Waals surface area contributed by atoms with E-state index >= 15 is 0 Å². The molecule has 0 spiro atoms. The Hall–Kier alpha value is -6.97. The van der Waals surface area contributed by atoms with Gasteiger partial charge in [0.1, 0.15) is 37.8 Å². The zero-order chi connectivity index (χ0) is 80.3. The first-order valence-corrected chi connectivity index (χ1v) is 36.2. The lowest BCUT2D eigenvalue weighted by Gasteiger charge is -2.34. The van der Waals surface area contributed by atoms with Gasteiger partial charge in [0, 0.05) is 60.5 Å². The molecule has 2 N–H and O–H groups in total. The second-order valence-electron chi connectivity index (χ2n) is 25.0. The van der Waals surface area contributed by atoms with Gasteiger partial charge in [-0.15, -0.1) is 51.5 Å². The number of carbonyl (C=O) groups excluding carboxylic acids is 2. The molecule has 9 heterocycles. The van der Waals surface area contributed by atoms with Crippen molar-refractivity contribution in [3.63, 3.8) is 0 Å². The lowest BCUT2D eigenvalue weighted by Crippen LogP contribution is -3.00. The molecule has 4 aromatic rings. The number of amides is 1. The third-order valence-corrected chi connectivity index (χ3v) is 16.2. The number of esters is 1. The van der Waals surface area contributed by atoms with E-state index in [1.54, 1.807) is 33.8 Å². The highest BCUT2D eigenvalue weighted by atomic mass is 35.5. The number of quaternary nitrogens is 2. The summed E-state index contributed by atoms with van der Waals surface area (Å²) in [7, 11) is 18.2. The van der Waals surface area contributed by atoms with Crippen molar-refractivity contribution in [2.24, 2.45) is 0 Å². The zero-order valence-corrected chi connectivity index (χ0v) is 69.1. The van der Waals surface area contributed by atoms with Gasteiger partial charge in [0.15, 0.2) is 0 Å². The Bertz CT molecular complexity index is 2970. The quantitative estimate of drug-likeness (QED) is 0.0974. The second-order valence-corrected chi connectivity index (χ2v) is 25.3. The summed E-state index contributed by atoms with van der Waals surface area (Å²) < 4.78 is 83.9. The lowest BCUT2D eigenvalue weighted by molar-refractivity contribution is -0.142. The lowest BCUT2D eigenvalue weighted by atomic mass is 9.91. The molecule has 2 aliphatic carbocycles. The van der Waals surface area contributed by atoms with Gasteiger partial charge in [0.2, 0.25) is 11.2 Å². The van der Waals surface area contributed by atoms with E-state index in [-0.39, 0.29) is 105 Å². The molecular weight excluding hydrogens is 1510 g/mol. The number of rotatable bonds is 15. The summed E-state index contributed by atoms with van der Waals surface area (Å²) >= 11 is 10.1. The second kappa shape index (κ2) is 58.9. The van der Waals surface area contributed by atoms with E-state index in [2.05, 4.69) is 108 Å². The molecule has 6 fully saturated rings. The molecule has 0 unspecified atom stereocenters. The minimum Gasteiger partial charge on any atom is -1.00 e. The highest BCUT2D eigenvalue weighted by molar-refractivity contribution is 6.28. The SMILES string of the molecule is C.C1CCC(NC2CCCCC2)CC1.CC(C)(C)OC(=O)N1C=CC[C@H]1C(=O)O.CCOC(C)=O.CCl.CN1CCOCC1.COc1nc(Cl)nc(OC)n1.COc1nc(OC)nc(N2CCOCC2)n1.COc1nc(OC)nc([N+]2(C)CCOCC2)n1.COc1nc(OC)nc([N+]2(C)CCOCC2)n1.[2H]CC[3H].[Cl-].[Cl-]. The summed E-state index contributed by atoms with van der Waals surface area (Å²) in [5.41, 5.74) is -0.615. The summed E-state index contributed by atoms with van der Waals surface area (Å²) in [6, 6.07) is 2.81. The average Bonchev–Trinajstić information content (AvgIpc) is 1.42. The van der Waals surface area contributed by atoms with Gasteiger partial charge >= 0.3 is 78.0 Å². The molecule has 5 aliphatic heterocycles. The van der Waals surface area contributed by atoms with Crippen molar-refractivity contribution in [2.75, 3.05) is 201 Å². The van der Waals surface area contributed by atoms with Crippen molar-refractivity contribution in [3.8, 4) is 48.1 Å². The number of hydrogen-bond donors (Lipinski definition) is 2. The highest BCUT2D eigenvalue weighted by Gasteiger charge is 2.36. The Labute approximate surface area is 670 Å². The Morgan fingerprint density at radius 1 is 0.587 bits per heavy atom. The number of carboxylic acid groups (broad SMARTS) is 1. The first kappa shape index (κ1) is 100. The number of alkyl halides is 1. The summed E-state index contributed by atoms with van der Waals surface area (Å²) in [6.45, 7) is 22.4. The fourth-order valence-electron chi connectivity index (χ4n) is 10.3. The van der Waals surface area contributed by atoms with Crippen LogP contribution in [0.25, 0.3) is 0 Å². The summed E-state index contributed by atoms with van der Waals surface area (Å²) in [6.07, 6.45) is 18.8. The van der Waals surface area contributed by atoms with Crippen molar-refractivity contribution in [1.29, 1.82) is 0 Å². The van der Waals surface area contributed by atoms with E-state index in [1.165, 1.54) is 141 Å². The number of halogens is 4. The maximum Gasteiger partial charge on any atom is 0.415 e. The van der Waals surface area contributed by atoms with Crippen LogP contribution in [-0.4, -0.2) is 313 Å². The van der Waals surface area contributed by atoms with Gasteiger partial charge in [0.25, 0.3) is 0 Å². The van der Waals surface area contributed by atoms with Crippen molar-refractivity contribution >= 4 is 59.1 Å². The molecule has 36 nitrogen and oxygen atoms in total. The number of anilines is 1. The van der Waals surface area contributed by atoms with Gasteiger partial charge in [-0.05, 0) is 78.4 Å². The van der Waals surface area contributed by atoms with Crippen LogP contribution in [0.2, 0.25) is 5.28 Å². The number of ether oxygens (including phenoxy) is 14. The maximum absolute atomic E-state index is 11.6. The van der Waals surface area contributed by atoms with Crippen molar-refractivity contribution in [3.05, 3.63) is 17.6 Å². The first-order valence-electron chi connectivity index (χ1n) is 36.4. The molecule has 4 aromatic heterocycles. The van der Waals surface area contributed by atoms with Crippen LogP contribution in [0.3, 0.4) is 0 Å². The molecule has 0 aromatic carbocycles. The topological polar surface area (TPSA) is 377 Å². The Balaban J connectivity index is 0. The van der Waals surface area contributed by atoms with E-state index in [4.69, 9.17) is 81.0 Å². The summed E-state index contributed by atoms with van der Waals surface area (Å²) in [4.78, 5) is 86.0. The normalized spacial score (nSPS) is 17.7. The van der Waals surface area contributed by atoms with E-state index in [9.17, 15) is 14.4 Å². The van der Waals surface area contributed by atoms with E-state index in [0.717, 1.165) is 82.6 Å². The predicted octanol–water partition coefficient (Wildman–Crippen LogP) is 1.86. The number of morpholine rings is 4. The van der Waals surface area contributed by atoms with E-state index in [0.29, 0.717) is 79.5 Å². The van der Waals surface area contributed by atoms with Gasteiger partial charge in [-0.25, -0.2) is 9.59 Å². The highest BCUT2D eigenvalue weighted by Crippen LogP contribution is 2.26. The molecule has 2 saturated carbocycles. The molecule has 1 amide bonds. The van der Waals surface area contributed by atoms with Crippen LogP contribution in [0.15, 0.2) is 12.3 Å². The first-order chi connectivity index (χ1) is 51.8. The van der Waals surface area contributed by atoms with Crippen LogP contribution < -0.4 is 81.9 Å². The number of methoxy groups -OCH3 is 8. The van der Waals surface area contributed by atoms with Crippen LogP contribution in [0.1, 0.15) is 129 Å². The monoisotopic (exact) mass is 1640 g/mol. The van der Waals surface area contributed by atoms with Crippen LogP contribution in [-0.2, 0) is 38.0 Å². The number of nitrogens with zero attached hydrogens (tertiary/aromatic N) is 17. The van der Waals surface area contributed by atoms with Gasteiger partial charge in [-0.1, -0.05) is 65.8 Å². The number of aromatic nitrogens is 12. The minimum absolute atomic E-state index is 0. The van der Waals surface area contributed by atoms with E-state index < -0.39 is 23.7 Å². The van der Waals surface area contributed by atoms with Crippen LogP contribution in [0.5, 0.6) is 48.1 Å². The fourth-order valence-corrected chi connectivity index (χ4v) is 10.4. The molecule has 11 rings (SSSR count). The molecule has 40 heteroatoms. The van der Waals surface area contributed by atoms with Crippen molar-refractivity contribution < 1.29 is 113 Å². The van der Waals surface area contributed by atoms with Crippen LogP contribution >= 0.6 is 23.2 Å². The summed E-state index contributed by atoms with van der Waals surface area (Å²) in [5.74, 6) is 0.629. The number of nitrogens with one attached hydrogen (secondary N) is 1. The standard InChI is InChI=1S/C12H23N.2C10H17N4O3.C10H15NO4.C9H14N4O3.C5H6ClN3O2.C5H11NO.C4H8O2.C2H6.CH3Cl.CH4.2ClH/c1-3-7-11(8-4-1)13-12-9-5-2-6-10-12;2*1-14(4-6-17-7-5-14)8-11-9(15-2)13-10(12-8)16-3;1-10(2,3)15-9(14)11-6-4-5-7(11)8(12)13;1-14-8-10-7(11-9(12-8)15-2)13-3-5-16-6-4-13;1-10-4-7-3(6)8-5(9-4)11-2;1-6-2-4-7-5-3-6;1-3-6-4(2)5;2*1-2;;;/h11-13H,1-10H2;2*4-7H2,1-3H3;4,6-7H,5H2,1-3H3,(H,12,13);3-6H2,1-2H3;1-2H3;2-5H2,1H3;3H2,1-2H3;1-2H3;1H3;1H4;2*1H/q;2*+1;;;;;;;;;;/p-2/t;;;7-;;;;;;;;;/m...0........./s1/i;;;;;;;;1D,2T;;;;. The van der Waals surface area contributed by atoms with E-state index in [1.807, 2.05) is 4.90 Å². The number of aliphatic carboxylic acids is 1. The van der Waals surface area contributed by atoms with Gasteiger partial charge in [-0.3, -0.25) is 18.7 Å². The van der Waals surface area contributed by atoms with Crippen molar-refractivity contribution in [1.82, 2.24) is 83.9 Å². The predicted molar refractivity (Wildman–Crippen MR) is 407 cm³/mol. The van der Waals surface area contributed by atoms with Gasteiger partial charge in [0.05, 0.1) is 130 Å². The molecule has 109 heavy (non-hydrogen) atoms. The zero-order valence-electron chi connectivity index (χ0n) is 68.1. The molecule has 1 atom stereocenters. The Kier molecular flexibility index (Phi) is 54.0. The minimum atomic E-state index is -1.02. The van der Waals surface area contributed by atoms with Gasteiger partial charge in [-0.2, -0.15) is 19.9 Å². The summed E-state index contributed by atoms with van der Waals surface area (Å²) in [5, 5.41) is 12.7. The smallest absolute Gasteiger partial charge is 0.415 e. The maximum atomic E-state index is 11.6. The van der Waals surface area contributed by atoms with Crippen LogP contribution in [0, 0.1) is 0 Å². The molecular formula is C69H124Cl4N18O18. The Morgan fingerprint density at radius 2 is 0.917 bits per heavy atom. The third kappa shape index (κ3) is 41.2. The molecule has 4 saturated heterocycles. The van der Waals surface area contributed by atoms with Crippen molar-refractivity contribution in [2.45, 2.75) is 150 Å². The third-order valence-electron chi connectivity index (χ3n) is 16.1. The van der Waals surface area contributed by atoms with Crippen LogP contribution in [0.4, 0.5) is 22.6 Å². The molecule has 626 valence electrons. The largest absolute Gasteiger partial charge is 1.00 e. The molecule has 0 radical (unpaired) electrons. The average molecular weight is 1640 g/mol.